The van der Waals surface area contributed by atoms with Gasteiger partial charge in [-0.25, -0.2) is 4.57 Å². The van der Waals surface area contributed by atoms with Crippen LogP contribution in [0.2, 0.25) is 0 Å². The van der Waals surface area contributed by atoms with Crippen LogP contribution in [0.4, 0.5) is 0 Å². The van der Waals surface area contributed by atoms with Gasteiger partial charge in [-0.05, 0) is 12.8 Å². The second kappa shape index (κ2) is 18.9. The fraction of sp³-hybridized carbons (Fsp3) is 1.00. The number of unbranched alkanes of at least 4 members (excludes halogenated alkanes) is 9. The Balaban J connectivity index is 0. The van der Waals surface area contributed by atoms with Gasteiger partial charge in [0.05, 0.1) is 40.5 Å². The number of hydrogen-bond acceptors (Lipinski definition) is 5. The van der Waals surface area contributed by atoms with E-state index in [-0.39, 0.29) is 19.8 Å². The number of aliphatic hydroxyl groups is 3. The van der Waals surface area contributed by atoms with E-state index in [0.29, 0.717) is 11.0 Å². The molecule has 1 atom stereocenters. The number of likely N-dealkylation sites (N-methyl/N-ethyl adjacent to an activating group) is 1. The topological polar surface area (TPSA) is 127 Å². The lowest BCUT2D eigenvalue weighted by Gasteiger charge is -2.31. The number of phosphoric ester groups is 1. The Kier molecular flexibility index (Phi) is 20.4. The molecule has 0 saturated carbocycles. The van der Waals surface area contributed by atoms with Crippen molar-refractivity contribution in [2.45, 2.75) is 77.2 Å². The van der Waals surface area contributed by atoms with Gasteiger partial charge in [0.1, 0.15) is 12.6 Å². The number of aliphatic hydroxyl groups excluding tert-OH is 3. The lowest BCUT2D eigenvalue weighted by atomic mass is 10.1. The molecule has 0 heterocycles. The molecule has 0 amide bonds. The minimum atomic E-state index is -4.50. The molecule has 0 bridgehead atoms. The zero-order valence-electron chi connectivity index (χ0n) is 18.1. The molecule has 0 aromatic heterocycles. The third kappa shape index (κ3) is 26.0. The predicted octanol–water partition coefficient (Wildman–Crippen LogP) is 2.42. The maximum atomic E-state index is 10.6. The maximum Gasteiger partial charge on any atom is 0.469 e. The van der Waals surface area contributed by atoms with E-state index in [1.54, 1.807) is 0 Å². The van der Waals surface area contributed by atoms with Crippen molar-refractivity contribution in [3.63, 3.8) is 0 Å². The van der Waals surface area contributed by atoms with Crippen LogP contribution in [0.15, 0.2) is 0 Å². The van der Waals surface area contributed by atoms with E-state index in [1.807, 2.05) is 14.1 Å². The summed E-state index contributed by atoms with van der Waals surface area (Å²) in [5.74, 6) is 0. The normalized spacial score (nSPS) is 13.1. The molecule has 0 aliphatic carbocycles. The largest absolute Gasteiger partial charge is 0.469 e. The average molecular weight is 431 g/mol. The summed E-state index contributed by atoms with van der Waals surface area (Å²) < 4.78 is 15.6. The minimum Gasteiger partial charge on any atom is -0.394 e. The number of quaternary nitrogens is 1. The van der Waals surface area contributed by atoms with Crippen molar-refractivity contribution >= 4 is 7.82 Å². The Morgan fingerprint density at radius 2 is 1.29 bits per heavy atom. The molecule has 0 aromatic carbocycles. The van der Waals surface area contributed by atoms with E-state index in [4.69, 9.17) is 20.0 Å². The van der Waals surface area contributed by atoms with E-state index in [1.165, 1.54) is 57.8 Å². The quantitative estimate of drug-likeness (QED) is 0.136. The SMILES string of the molecule is CCCCCCCCCCCC[N+](C)(C)CC(O)COP(=O)(O)O.OCCO. The van der Waals surface area contributed by atoms with Crippen molar-refractivity contribution in [2.75, 3.05) is 47.0 Å². The van der Waals surface area contributed by atoms with Crippen LogP contribution in [-0.4, -0.2) is 82.7 Å². The highest BCUT2D eigenvalue weighted by Gasteiger charge is 2.23. The van der Waals surface area contributed by atoms with E-state index >= 15 is 0 Å². The predicted molar refractivity (Wildman–Crippen MR) is 112 cm³/mol. The molecule has 0 fully saturated rings. The van der Waals surface area contributed by atoms with Crippen LogP contribution >= 0.6 is 7.82 Å². The van der Waals surface area contributed by atoms with E-state index < -0.39 is 13.9 Å². The smallest absolute Gasteiger partial charge is 0.394 e. The van der Waals surface area contributed by atoms with Crippen LogP contribution in [0.1, 0.15) is 71.1 Å². The first-order valence-electron chi connectivity index (χ1n) is 10.5. The highest BCUT2D eigenvalue weighted by molar-refractivity contribution is 7.46. The first kappa shape index (κ1) is 30.1. The Bertz CT molecular complexity index is 375. The molecule has 0 aliphatic heterocycles. The summed E-state index contributed by atoms with van der Waals surface area (Å²) in [6.07, 6.45) is 12.1. The number of phosphoric acid groups is 1. The lowest BCUT2D eigenvalue weighted by molar-refractivity contribution is -0.893. The van der Waals surface area contributed by atoms with Crippen molar-refractivity contribution < 1.29 is 38.7 Å². The van der Waals surface area contributed by atoms with E-state index in [0.717, 1.165) is 13.0 Å². The van der Waals surface area contributed by atoms with Crippen molar-refractivity contribution in [3.05, 3.63) is 0 Å². The van der Waals surface area contributed by atoms with Crippen LogP contribution in [0.25, 0.3) is 0 Å². The standard InChI is InChI=1S/C17H38NO5P.C2H6O2/c1-4-5-6-7-8-9-10-11-12-13-14-18(2,3)15-17(19)16-23-24(20,21)22;3-1-2-4/h17,19H,4-16H2,1-3H3,(H-,20,21,22);3-4H,1-2H2/p+1. The first-order valence-corrected chi connectivity index (χ1v) is 12.0. The van der Waals surface area contributed by atoms with Crippen LogP contribution in [0.5, 0.6) is 0 Å². The summed E-state index contributed by atoms with van der Waals surface area (Å²) in [6, 6.07) is 0. The molecule has 0 spiro atoms. The van der Waals surface area contributed by atoms with Crippen molar-refractivity contribution in [1.82, 2.24) is 0 Å². The van der Waals surface area contributed by atoms with Crippen molar-refractivity contribution in [2.24, 2.45) is 0 Å². The van der Waals surface area contributed by atoms with Gasteiger partial charge in [0.15, 0.2) is 0 Å². The van der Waals surface area contributed by atoms with Gasteiger partial charge in [-0.1, -0.05) is 58.3 Å². The summed E-state index contributed by atoms with van der Waals surface area (Å²) in [5, 5.41) is 25.1. The minimum absolute atomic E-state index is 0.125. The zero-order chi connectivity index (χ0) is 21.9. The van der Waals surface area contributed by atoms with Crippen LogP contribution in [-0.2, 0) is 9.09 Å². The third-order valence-electron chi connectivity index (χ3n) is 4.36. The molecule has 8 nitrogen and oxygen atoms in total. The van der Waals surface area contributed by atoms with Gasteiger partial charge in [-0.2, -0.15) is 0 Å². The molecule has 28 heavy (non-hydrogen) atoms. The van der Waals surface area contributed by atoms with Gasteiger partial charge in [0.25, 0.3) is 0 Å². The van der Waals surface area contributed by atoms with E-state index in [9.17, 15) is 9.67 Å². The lowest BCUT2D eigenvalue weighted by Crippen LogP contribution is -2.47. The highest BCUT2D eigenvalue weighted by Crippen LogP contribution is 2.35. The van der Waals surface area contributed by atoms with Gasteiger partial charge >= 0.3 is 7.82 Å². The Labute approximate surface area is 171 Å². The molecule has 5 N–H and O–H groups in total. The van der Waals surface area contributed by atoms with Gasteiger partial charge in [-0.15, -0.1) is 0 Å². The van der Waals surface area contributed by atoms with Gasteiger partial charge in [0, 0.05) is 0 Å². The molecule has 0 saturated heterocycles. The zero-order valence-corrected chi connectivity index (χ0v) is 19.0. The molecular weight excluding hydrogens is 385 g/mol. The Hall–Kier alpha value is -0.0500. The summed E-state index contributed by atoms with van der Waals surface area (Å²) in [6.45, 7) is 3.04. The average Bonchev–Trinajstić information content (AvgIpc) is 2.61. The van der Waals surface area contributed by atoms with Gasteiger partial charge in [-0.3, -0.25) is 4.52 Å². The summed E-state index contributed by atoms with van der Waals surface area (Å²) in [4.78, 5) is 17.3. The summed E-state index contributed by atoms with van der Waals surface area (Å²) >= 11 is 0. The fourth-order valence-corrected chi connectivity index (χ4v) is 3.29. The second-order valence-corrected chi connectivity index (χ2v) is 9.15. The molecule has 172 valence electrons. The van der Waals surface area contributed by atoms with E-state index in [2.05, 4.69) is 11.4 Å². The van der Waals surface area contributed by atoms with Crippen molar-refractivity contribution in [3.8, 4) is 0 Å². The number of nitrogens with zero attached hydrogens (tertiary/aromatic N) is 1. The Morgan fingerprint density at radius 1 is 0.857 bits per heavy atom. The van der Waals surface area contributed by atoms with Crippen LogP contribution < -0.4 is 0 Å². The summed E-state index contributed by atoms with van der Waals surface area (Å²) in [7, 11) is -0.454. The molecule has 0 rings (SSSR count). The molecule has 0 aliphatic rings. The third-order valence-corrected chi connectivity index (χ3v) is 4.84. The molecular formula is C19H45NO7P+. The summed E-state index contributed by atoms with van der Waals surface area (Å²) in [5.41, 5.74) is 0. The van der Waals surface area contributed by atoms with Crippen molar-refractivity contribution in [1.29, 1.82) is 0 Å². The monoisotopic (exact) mass is 430 g/mol. The first-order chi connectivity index (χ1) is 13.1. The Morgan fingerprint density at radius 3 is 1.68 bits per heavy atom. The maximum absolute atomic E-state index is 10.6. The van der Waals surface area contributed by atoms with Gasteiger partial charge < -0.3 is 29.6 Å². The number of hydrogen-bond donors (Lipinski definition) is 5. The number of rotatable bonds is 17. The molecule has 9 heteroatoms. The molecule has 0 aromatic rings. The second-order valence-electron chi connectivity index (χ2n) is 7.91. The van der Waals surface area contributed by atoms with Crippen LogP contribution in [0.3, 0.4) is 0 Å². The highest BCUT2D eigenvalue weighted by atomic mass is 31.2. The molecule has 0 radical (unpaired) electrons. The van der Waals surface area contributed by atoms with Crippen LogP contribution in [0, 0.1) is 0 Å². The molecule has 1 unspecified atom stereocenters. The van der Waals surface area contributed by atoms with Gasteiger partial charge in [0.2, 0.25) is 0 Å². The fourth-order valence-electron chi connectivity index (χ4n) is 2.92.